The molecule has 2 aliphatic rings. The molecule has 2 fully saturated rings. The molecule has 2 N–H and O–H groups in total. The zero-order valence-electron chi connectivity index (χ0n) is 9.54. The molecule has 2 aliphatic carbocycles. The highest BCUT2D eigenvalue weighted by Crippen LogP contribution is 2.24. The van der Waals surface area contributed by atoms with Gasteiger partial charge in [0.1, 0.15) is 0 Å². The maximum Gasteiger partial charge on any atom is 0.221 e. The van der Waals surface area contributed by atoms with E-state index in [4.69, 9.17) is 5.26 Å². The molecule has 2 saturated carbocycles. The fourth-order valence-electron chi connectivity index (χ4n) is 2.26. The van der Waals surface area contributed by atoms with E-state index in [9.17, 15) is 4.79 Å². The number of rotatable bonds is 5. The van der Waals surface area contributed by atoms with Crippen LogP contribution in [-0.2, 0) is 4.79 Å². The highest BCUT2D eigenvalue weighted by molar-refractivity contribution is 5.76. The molecule has 0 aromatic carbocycles. The first-order valence-corrected chi connectivity index (χ1v) is 6.22. The molecule has 2 atom stereocenters. The first-order chi connectivity index (χ1) is 7.79. The Kier molecular flexibility index (Phi) is 3.79. The quantitative estimate of drug-likeness (QED) is 0.726. The molecule has 0 aliphatic heterocycles. The third-order valence-corrected chi connectivity index (χ3v) is 3.38. The van der Waals surface area contributed by atoms with Crippen molar-refractivity contribution in [2.75, 3.05) is 6.54 Å². The standard InChI is InChI=1S/C12H19N3O/c13-8-9-2-1-3-11(9)14-7-6-12(16)15-10-4-5-10/h9-11,14H,1-7H2,(H,15,16). The van der Waals surface area contributed by atoms with Crippen molar-refractivity contribution >= 4 is 5.91 Å². The van der Waals surface area contributed by atoms with Crippen LogP contribution < -0.4 is 10.6 Å². The van der Waals surface area contributed by atoms with Gasteiger partial charge in [0.25, 0.3) is 0 Å². The maximum absolute atomic E-state index is 11.4. The minimum absolute atomic E-state index is 0.140. The van der Waals surface area contributed by atoms with Crippen LogP contribution in [0, 0.1) is 17.2 Å². The summed E-state index contributed by atoms with van der Waals surface area (Å²) >= 11 is 0. The molecule has 1 amide bonds. The van der Waals surface area contributed by atoms with E-state index in [1.165, 1.54) is 0 Å². The molecule has 2 rings (SSSR count). The summed E-state index contributed by atoms with van der Waals surface area (Å²) in [4.78, 5) is 11.4. The van der Waals surface area contributed by atoms with Gasteiger partial charge in [-0.15, -0.1) is 0 Å². The van der Waals surface area contributed by atoms with Gasteiger partial charge in [-0.2, -0.15) is 5.26 Å². The van der Waals surface area contributed by atoms with Crippen LogP contribution in [0.15, 0.2) is 0 Å². The summed E-state index contributed by atoms with van der Waals surface area (Å²) in [7, 11) is 0. The molecule has 0 heterocycles. The zero-order valence-corrected chi connectivity index (χ0v) is 9.54. The van der Waals surface area contributed by atoms with Gasteiger partial charge in [0.05, 0.1) is 12.0 Å². The van der Waals surface area contributed by atoms with Crippen molar-refractivity contribution in [3.63, 3.8) is 0 Å². The second-order valence-electron chi connectivity index (χ2n) is 4.82. The Morgan fingerprint density at radius 3 is 2.81 bits per heavy atom. The average Bonchev–Trinajstić information content (AvgIpc) is 2.96. The summed E-state index contributed by atoms with van der Waals surface area (Å²) in [6, 6.07) is 3.09. The first-order valence-electron chi connectivity index (χ1n) is 6.22. The van der Waals surface area contributed by atoms with Gasteiger partial charge in [0, 0.05) is 25.0 Å². The molecular weight excluding hydrogens is 202 g/mol. The second kappa shape index (κ2) is 5.31. The predicted octanol–water partition coefficient (Wildman–Crippen LogP) is 0.937. The minimum Gasteiger partial charge on any atom is -0.353 e. The summed E-state index contributed by atoms with van der Waals surface area (Å²) in [6.07, 6.45) is 6.01. The van der Waals surface area contributed by atoms with E-state index in [1.807, 2.05) is 0 Å². The van der Waals surface area contributed by atoms with Crippen molar-refractivity contribution in [3.8, 4) is 6.07 Å². The van der Waals surface area contributed by atoms with Crippen LogP contribution in [0.3, 0.4) is 0 Å². The lowest BCUT2D eigenvalue weighted by Gasteiger charge is -2.15. The number of nitriles is 1. The minimum atomic E-state index is 0.140. The third-order valence-electron chi connectivity index (χ3n) is 3.38. The molecular formula is C12H19N3O. The van der Waals surface area contributed by atoms with Gasteiger partial charge < -0.3 is 10.6 Å². The number of amides is 1. The highest BCUT2D eigenvalue weighted by atomic mass is 16.1. The molecule has 0 radical (unpaired) electrons. The summed E-state index contributed by atoms with van der Waals surface area (Å²) in [5.74, 6) is 0.285. The van der Waals surface area contributed by atoms with E-state index in [1.54, 1.807) is 0 Å². The van der Waals surface area contributed by atoms with Crippen molar-refractivity contribution in [1.29, 1.82) is 5.26 Å². The molecule has 0 spiro atoms. The van der Waals surface area contributed by atoms with Crippen molar-refractivity contribution in [2.45, 2.75) is 50.6 Å². The number of carbonyl (C=O) groups is 1. The Bertz CT molecular complexity index is 293. The van der Waals surface area contributed by atoms with Crippen LogP contribution >= 0.6 is 0 Å². The number of hydrogen-bond acceptors (Lipinski definition) is 3. The monoisotopic (exact) mass is 221 g/mol. The smallest absolute Gasteiger partial charge is 0.221 e. The van der Waals surface area contributed by atoms with Crippen LogP contribution in [0.5, 0.6) is 0 Å². The molecule has 4 heteroatoms. The summed E-state index contributed by atoms with van der Waals surface area (Å²) in [6.45, 7) is 0.696. The normalized spacial score (nSPS) is 28.7. The average molecular weight is 221 g/mol. The Morgan fingerprint density at radius 1 is 1.31 bits per heavy atom. The van der Waals surface area contributed by atoms with Crippen LogP contribution in [0.25, 0.3) is 0 Å². The first kappa shape index (κ1) is 11.4. The van der Waals surface area contributed by atoms with Gasteiger partial charge in [-0.05, 0) is 25.7 Å². The van der Waals surface area contributed by atoms with Gasteiger partial charge in [0.15, 0.2) is 0 Å². The molecule has 88 valence electrons. The highest BCUT2D eigenvalue weighted by Gasteiger charge is 2.27. The van der Waals surface area contributed by atoms with E-state index in [-0.39, 0.29) is 11.8 Å². The third kappa shape index (κ3) is 3.21. The molecule has 0 aromatic heterocycles. The van der Waals surface area contributed by atoms with Gasteiger partial charge in [-0.1, -0.05) is 6.42 Å². The number of nitrogens with one attached hydrogen (secondary N) is 2. The van der Waals surface area contributed by atoms with Crippen molar-refractivity contribution < 1.29 is 4.79 Å². The van der Waals surface area contributed by atoms with E-state index in [2.05, 4.69) is 16.7 Å². The van der Waals surface area contributed by atoms with Crippen LogP contribution in [0.2, 0.25) is 0 Å². The van der Waals surface area contributed by atoms with Crippen LogP contribution in [0.1, 0.15) is 38.5 Å². The Labute approximate surface area is 96.4 Å². The number of hydrogen-bond donors (Lipinski definition) is 2. The fourth-order valence-corrected chi connectivity index (χ4v) is 2.26. The topological polar surface area (TPSA) is 64.9 Å². The lowest BCUT2D eigenvalue weighted by Crippen LogP contribution is -2.35. The fraction of sp³-hybridized carbons (Fsp3) is 0.833. The van der Waals surface area contributed by atoms with Crippen molar-refractivity contribution in [1.82, 2.24) is 10.6 Å². The van der Waals surface area contributed by atoms with Gasteiger partial charge in [0.2, 0.25) is 5.91 Å². The van der Waals surface area contributed by atoms with Crippen LogP contribution in [-0.4, -0.2) is 24.5 Å². The molecule has 0 bridgehead atoms. The van der Waals surface area contributed by atoms with E-state index in [0.717, 1.165) is 32.1 Å². The number of nitrogens with zero attached hydrogens (tertiary/aromatic N) is 1. The lowest BCUT2D eigenvalue weighted by atomic mass is 10.1. The van der Waals surface area contributed by atoms with E-state index < -0.39 is 0 Å². The largest absolute Gasteiger partial charge is 0.353 e. The maximum atomic E-state index is 11.4. The summed E-state index contributed by atoms with van der Waals surface area (Å²) < 4.78 is 0. The van der Waals surface area contributed by atoms with Crippen molar-refractivity contribution in [3.05, 3.63) is 0 Å². The lowest BCUT2D eigenvalue weighted by molar-refractivity contribution is -0.121. The summed E-state index contributed by atoms with van der Waals surface area (Å²) in [5.41, 5.74) is 0. The number of carbonyl (C=O) groups excluding carboxylic acids is 1. The van der Waals surface area contributed by atoms with Gasteiger partial charge in [-0.25, -0.2) is 0 Å². The molecule has 2 unspecified atom stereocenters. The Balaban J connectivity index is 1.59. The Morgan fingerprint density at radius 2 is 2.12 bits per heavy atom. The predicted molar refractivity (Wildman–Crippen MR) is 60.5 cm³/mol. The van der Waals surface area contributed by atoms with Crippen LogP contribution in [0.4, 0.5) is 0 Å². The molecule has 16 heavy (non-hydrogen) atoms. The molecule has 0 aromatic rings. The zero-order chi connectivity index (χ0) is 11.4. The van der Waals surface area contributed by atoms with E-state index in [0.29, 0.717) is 25.0 Å². The summed E-state index contributed by atoms with van der Waals surface area (Å²) in [5, 5.41) is 15.2. The van der Waals surface area contributed by atoms with Gasteiger partial charge >= 0.3 is 0 Å². The molecule has 4 nitrogen and oxygen atoms in total. The van der Waals surface area contributed by atoms with E-state index >= 15 is 0 Å². The Hall–Kier alpha value is -1.08. The van der Waals surface area contributed by atoms with Gasteiger partial charge in [-0.3, -0.25) is 4.79 Å². The SMILES string of the molecule is N#CC1CCCC1NCCC(=O)NC1CC1. The molecule has 0 saturated heterocycles. The van der Waals surface area contributed by atoms with Crippen molar-refractivity contribution in [2.24, 2.45) is 5.92 Å². The second-order valence-corrected chi connectivity index (χ2v) is 4.82.